The van der Waals surface area contributed by atoms with Crippen LogP contribution in [0.25, 0.3) is 5.69 Å². The Kier molecular flexibility index (Phi) is 5.12. The van der Waals surface area contributed by atoms with Gasteiger partial charge < -0.3 is 10.4 Å². The number of aryl methyl sites for hydroxylation is 1. The highest BCUT2D eigenvalue weighted by molar-refractivity contribution is 6.32. The monoisotopic (exact) mass is 335 g/mol. The van der Waals surface area contributed by atoms with Crippen LogP contribution in [0.2, 0.25) is 5.02 Å². The molecule has 2 N–H and O–H groups in total. The van der Waals surface area contributed by atoms with Crippen molar-refractivity contribution in [3.05, 3.63) is 46.7 Å². The van der Waals surface area contributed by atoms with Crippen LogP contribution in [-0.4, -0.2) is 33.4 Å². The van der Waals surface area contributed by atoms with Crippen LogP contribution in [0.5, 0.6) is 0 Å². The molecule has 0 saturated heterocycles. The van der Waals surface area contributed by atoms with Crippen molar-refractivity contribution in [2.75, 3.05) is 6.54 Å². The van der Waals surface area contributed by atoms with Crippen molar-refractivity contribution in [1.82, 2.24) is 15.1 Å². The molecule has 0 aliphatic heterocycles. The number of aliphatic hydroxyl groups excluding tert-OH is 1. The van der Waals surface area contributed by atoms with Crippen molar-refractivity contribution in [1.29, 1.82) is 0 Å². The summed E-state index contributed by atoms with van der Waals surface area (Å²) in [6, 6.07) is 7.30. The highest BCUT2D eigenvalue weighted by Crippen LogP contribution is 2.21. The van der Waals surface area contributed by atoms with Gasteiger partial charge in [0.1, 0.15) is 0 Å². The van der Waals surface area contributed by atoms with E-state index in [0.29, 0.717) is 16.4 Å². The molecule has 0 fully saturated rings. The second-order valence-corrected chi connectivity index (χ2v) is 7.06. The number of nitrogens with one attached hydrogen (secondary N) is 1. The van der Waals surface area contributed by atoms with Crippen LogP contribution < -0.4 is 5.32 Å². The van der Waals surface area contributed by atoms with E-state index >= 15 is 0 Å². The van der Waals surface area contributed by atoms with E-state index in [9.17, 15) is 9.90 Å². The molecule has 1 unspecified atom stereocenters. The lowest BCUT2D eigenvalue weighted by molar-refractivity contribution is 0.0585. The Balaban J connectivity index is 2.15. The number of carbonyl (C=O) groups excluding carboxylic acids is 1. The van der Waals surface area contributed by atoms with E-state index in [-0.39, 0.29) is 17.9 Å². The molecule has 0 aliphatic carbocycles. The van der Waals surface area contributed by atoms with E-state index in [0.717, 1.165) is 5.56 Å². The van der Waals surface area contributed by atoms with E-state index < -0.39 is 6.10 Å². The molecule has 0 saturated carbocycles. The lowest BCUT2D eigenvalue weighted by Gasteiger charge is -2.25. The Hall–Kier alpha value is -1.85. The lowest BCUT2D eigenvalue weighted by Crippen LogP contribution is -2.39. The molecular weight excluding hydrogens is 314 g/mol. The third-order valence-electron chi connectivity index (χ3n) is 3.67. The minimum Gasteiger partial charge on any atom is -0.391 e. The van der Waals surface area contributed by atoms with Crippen LogP contribution in [0.3, 0.4) is 0 Å². The molecule has 1 atom stereocenters. The predicted octanol–water partition coefficient (Wildman–Crippen LogP) is 2.97. The number of para-hydroxylation sites is 1. The number of aromatic nitrogens is 2. The summed E-state index contributed by atoms with van der Waals surface area (Å²) < 4.78 is 1.59. The standard InChI is InChI=1S/C17H22ClN3O2/c1-11-10-21(13-8-6-5-7-12(13)18)20-15(11)16(23)19-9-14(22)17(2,3)4/h5-8,10,14,22H,9H2,1-4H3,(H,19,23). The molecule has 23 heavy (non-hydrogen) atoms. The minimum atomic E-state index is -0.627. The molecule has 1 amide bonds. The van der Waals surface area contributed by atoms with Crippen molar-refractivity contribution in [2.24, 2.45) is 5.41 Å². The van der Waals surface area contributed by atoms with Gasteiger partial charge in [-0.05, 0) is 24.5 Å². The topological polar surface area (TPSA) is 67.2 Å². The number of hydrogen-bond acceptors (Lipinski definition) is 3. The number of benzene rings is 1. The van der Waals surface area contributed by atoms with Gasteiger partial charge in [-0.2, -0.15) is 5.10 Å². The van der Waals surface area contributed by atoms with E-state index in [1.807, 2.05) is 45.9 Å². The van der Waals surface area contributed by atoms with Crippen molar-refractivity contribution >= 4 is 17.5 Å². The van der Waals surface area contributed by atoms with Gasteiger partial charge in [0.2, 0.25) is 0 Å². The maximum atomic E-state index is 12.3. The first-order valence-corrected chi connectivity index (χ1v) is 7.85. The lowest BCUT2D eigenvalue weighted by atomic mass is 9.89. The Bertz CT molecular complexity index is 704. The van der Waals surface area contributed by atoms with Gasteiger partial charge in [0.15, 0.2) is 5.69 Å². The minimum absolute atomic E-state index is 0.181. The predicted molar refractivity (Wildman–Crippen MR) is 91.1 cm³/mol. The Morgan fingerprint density at radius 3 is 2.65 bits per heavy atom. The Morgan fingerprint density at radius 2 is 2.04 bits per heavy atom. The molecule has 1 aromatic heterocycles. The summed E-state index contributed by atoms with van der Waals surface area (Å²) in [7, 11) is 0. The van der Waals surface area contributed by atoms with E-state index in [4.69, 9.17) is 11.6 Å². The first-order valence-electron chi connectivity index (χ1n) is 7.47. The molecule has 2 rings (SSSR count). The second-order valence-electron chi connectivity index (χ2n) is 6.65. The van der Waals surface area contributed by atoms with Crippen LogP contribution in [0.1, 0.15) is 36.8 Å². The summed E-state index contributed by atoms with van der Waals surface area (Å²) in [5, 5.41) is 17.6. The summed E-state index contributed by atoms with van der Waals surface area (Å²) in [4.78, 5) is 12.3. The van der Waals surface area contributed by atoms with Crippen LogP contribution in [0.15, 0.2) is 30.5 Å². The van der Waals surface area contributed by atoms with Gasteiger partial charge in [0.25, 0.3) is 5.91 Å². The average Bonchev–Trinajstić information content (AvgIpc) is 2.85. The molecule has 0 spiro atoms. The number of hydrogen-bond donors (Lipinski definition) is 2. The van der Waals surface area contributed by atoms with Gasteiger partial charge in [-0.3, -0.25) is 4.79 Å². The summed E-state index contributed by atoms with van der Waals surface area (Å²) >= 11 is 6.16. The van der Waals surface area contributed by atoms with E-state index in [1.165, 1.54) is 0 Å². The molecule has 1 aromatic carbocycles. The van der Waals surface area contributed by atoms with Crippen molar-refractivity contribution < 1.29 is 9.90 Å². The molecule has 0 bridgehead atoms. The molecule has 6 heteroatoms. The molecule has 1 heterocycles. The largest absolute Gasteiger partial charge is 0.391 e. The van der Waals surface area contributed by atoms with Crippen molar-refractivity contribution in [3.63, 3.8) is 0 Å². The van der Waals surface area contributed by atoms with Crippen LogP contribution in [0.4, 0.5) is 0 Å². The van der Waals surface area contributed by atoms with Gasteiger partial charge >= 0.3 is 0 Å². The molecule has 5 nitrogen and oxygen atoms in total. The molecule has 0 aliphatic rings. The van der Waals surface area contributed by atoms with Gasteiger partial charge in [0, 0.05) is 18.3 Å². The Morgan fingerprint density at radius 1 is 1.39 bits per heavy atom. The number of nitrogens with zero attached hydrogens (tertiary/aromatic N) is 2. The number of amides is 1. The van der Waals surface area contributed by atoms with Gasteiger partial charge in [-0.25, -0.2) is 4.68 Å². The summed E-state index contributed by atoms with van der Waals surface area (Å²) in [6.07, 6.45) is 1.13. The zero-order valence-corrected chi connectivity index (χ0v) is 14.6. The van der Waals surface area contributed by atoms with Gasteiger partial charge in [-0.1, -0.05) is 44.5 Å². The van der Waals surface area contributed by atoms with Crippen LogP contribution in [0, 0.1) is 12.3 Å². The quantitative estimate of drug-likeness (QED) is 0.902. The number of aliphatic hydroxyl groups is 1. The highest BCUT2D eigenvalue weighted by atomic mass is 35.5. The third-order valence-corrected chi connectivity index (χ3v) is 3.99. The molecule has 124 valence electrons. The van der Waals surface area contributed by atoms with Gasteiger partial charge in [-0.15, -0.1) is 0 Å². The van der Waals surface area contributed by atoms with Crippen molar-refractivity contribution in [2.45, 2.75) is 33.8 Å². The Labute approximate surface area is 141 Å². The second kappa shape index (κ2) is 6.72. The van der Waals surface area contributed by atoms with E-state index in [1.54, 1.807) is 16.9 Å². The molecular formula is C17H22ClN3O2. The fourth-order valence-electron chi connectivity index (χ4n) is 2.02. The fraction of sp³-hybridized carbons (Fsp3) is 0.412. The van der Waals surface area contributed by atoms with Crippen LogP contribution in [-0.2, 0) is 0 Å². The van der Waals surface area contributed by atoms with Crippen LogP contribution >= 0.6 is 11.6 Å². The highest BCUT2D eigenvalue weighted by Gasteiger charge is 2.23. The van der Waals surface area contributed by atoms with Crippen molar-refractivity contribution in [3.8, 4) is 5.69 Å². The van der Waals surface area contributed by atoms with E-state index in [2.05, 4.69) is 10.4 Å². The zero-order chi connectivity index (χ0) is 17.2. The summed E-state index contributed by atoms with van der Waals surface area (Å²) in [5.41, 5.74) is 1.49. The summed E-state index contributed by atoms with van der Waals surface area (Å²) in [5.74, 6) is -0.309. The number of halogens is 1. The number of carbonyl (C=O) groups is 1. The summed E-state index contributed by atoms with van der Waals surface area (Å²) in [6.45, 7) is 7.75. The third kappa shape index (κ3) is 4.12. The SMILES string of the molecule is Cc1cn(-c2ccccc2Cl)nc1C(=O)NCC(O)C(C)(C)C. The zero-order valence-electron chi connectivity index (χ0n) is 13.8. The molecule has 0 radical (unpaired) electrons. The smallest absolute Gasteiger partial charge is 0.272 e. The maximum Gasteiger partial charge on any atom is 0.272 e. The maximum absolute atomic E-state index is 12.3. The number of rotatable bonds is 4. The van der Waals surface area contributed by atoms with Gasteiger partial charge in [0.05, 0.1) is 16.8 Å². The average molecular weight is 336 g/mol. The molecule has 2 aromatic rings. The first-order chi connectivity index (χ1) is 10.7. The normalized spacial score (nSPS) is 13.0. The fourth-order valence-corrected chi connectivity index (χ4v) is 2.25. The first kappa shape index (κ1) is 17.5.